The maximum atomic E-state index is 13.8. The Balaban J connectivity index is 1.68. The van der Waals surface area contributed by atoms with Gasteiger partial charge in [-0.2, -0.15) is 0 Å². The number of nitrogens with one attached hydrogen (secondary N) is 2. The second kappa shape index (κ2) is 14.2. The summed E-state index contributed by atoms with van der Waals surface area (Å²) in [5.74, 6) is 1.22. The Morgan fingerprint density at radius 3 is 2.46 bits per heavy atom. The monoisotopic (exact) mass is 529 g/mol. The Bertz CT molecular complexity index is 1000. The van der Waals surface area contributed by atoms with Crippen LogP contribution in [-0.2, 0) is 16.0 Å². The minimum Gasteiger partial charge on any atom is -0.493 e. The fraction of sp³-hybridized carbons (Fsp3) is 0.517. The molecule has 1 saturated heterocycles. The lowest BCUT2D eigenvalue weighted by Crippen LogP contribution is -2.55. The highest BCUT2D eigenvalue weighted by Gasteiger charge is 2.40. The third-order valence-electron chi connectivity index (χ3n) is 6.79. The molecule has 4 atom stereocenters. The molecule has 1 fully saturated rings. The van der Waals surface area contributed by atoms with Crippen LogP contribution in [0, 0.1) is 5.92 Å². The van der Waals surface area contributed by atoms with Crippen molar-refractivity contribution in [3.8, 4) is 11.5 Å². The number of likely N-dealkylation sites (tertiary alicyclic amines) is 1. The van der Waals surface area contributed by atoms with Crippen LogP contribution in [0.25, 0.3) is 0 Å². The van der Waals surface area contributed by atoms with Gasteiger partial charge in [-0.25, -0.2) is 4.84 Å². The number of ether oxygens (including phenoxy) is 2. The molecule has 2 aromatic carbocycles. The molecule has 2 amide bonds. The molecular formula is C29H40ClN3O4. The third-order valence-corrected chi connectivity index (χ3v) is 7.11. The molecule has 8 heteroatoms. The van der Waals surface area contributed by atoms with Crippen LogP contribution < -0.4 is 19.6 Å². The van der Waals surface area contributed by atoms with E-state index < -0.39 is 12.1 Å². The Hall–Kier alpha value is -2.77. The summed E-state index contributed by atoms with van der Waals surface area (Å²) in [6.45, 7) is 8.69. The highest BCUT2D eigenvalue weighted by molar-refractivity contribution is 6.15. The van der Waals surface area contributed by atoms with E-state index in [2.05, 4.69) is 23.1 Å². The van der Waals surface area contributed by atoms with Crippen molar-refractivity contribution in [3.05, 3.63) is 60.2 Å². The van der Waals surface area contributed by atoms with Gasteiger partial charge < -0.3 is 19.7 Å². The summed E-state index contributed by atoms with van der Waals surface area (Å²) in [4.78, 5) is 30.6. The molecule has 0 spiro atoms. The van der Waals surface area contributed by atoms with Crippen LogP contribution in [0.4, 0.5) is 0 Å². The van der Waals surface area contributed by atoms with Crippen molar-refractivity contribution in [2.75, 3.05) is 13.2 Å². The SMILES string of the molecule is CCc1ccccc1OCCC[C@@H]1C[C@H](Oc2ccccc2)CN1C(=O)[C@@H](NC(=O)[C@H](C)NCl)C(C)C. The van der Waals surface area contributed by atoms with E-state index in [9.17, 15) is 9.59 Å². The van der Waals surface area contributed by atoms with Gasteiger partial charge in [0.15, 0.2) is 0 Å². The van der Waals surface area contributed by atoms with E-state index in [4.69, 9.17) is 21.3 Å². The summed E-state index contributed by atoms with van der Waals surface area (Å²) in [5.41, 5.74) is 1.19. The number of rotatable bonds is 13. The van der Waals surface area contributed by atoms with Crippen molar-refractivity contribution >= 4 is 23.6 Å². The first kappa shape index (κ1) is 28.8. The van der Waals surface area contributed by atoms with Crippen LogP contribution in [0.2, 0.25) is 0 Å². The summed E-state index contributed by atoms with van der Waals surface area (Å²) in [6, 6.07) is 16.5. The Morgan fingerprint density at radius 2 is 1.78 bits per heavy atom. The molecular weight excluding hydrogens is 490 g/mol. The van der Waals surface area contributed by atoms with E-state index in [0.29, 0.717) is 13.2 Å². The summed E-state index contributed by atoms with van der Waals surface area (Å²) in [6.07, 6.45) is 3.11. The first-order valence-electron chi connectivity index (χ1n) is 13.2. The first-order chi connectivity index (χ1) is 17.8. The zero-order valence-electron chi connectivity index (χ0n) is 22.3. The molecule has 0 aromatic heterocycles. The van der Waals surface area contributed by atoms with Gasteiger partial charge in [0, 0.05) is 12.5 Å². The van der Waals surface area contributed by atoms with Crippen molar-refractivity contribution in [3.63, 3.8) is 0 Å². The van der Waals surface area contributed by atoms with Crippen molar-refractivity contribution in [2.24, 2.45) is 5.92 Å². The number of halogens is 1. The molecule has 202 valence electrons. The average Bonchev–Trinajstić information content (AvgIpc) is 3.31. The molecule has 0 saturated carbocycles. The molecule has 2 N–H and O–H groups in total. The zero-order valence-corrected chi connectivity index (χ0v) is 23.0. The predicted octanol–water partition coefficient (Wildman–Crippen LogP) is 4.73. The normalized spacial score (nSPS) is 18.9. The van der Waals surface area contributed by atoms with Gasteiger partial charge in [0.05, 0.1) is 19.2 Å². The number of nitrogens with zero attached hydrogens (tertiary/aromatic N) is 1. The lowest BCUT2D eigenvalue weighted by atomic mass is 10.0. The highest BCUT2D eigenvalue weighted by atomic mass is 35.5. The lowest BCUT2D eigenvalue weighted by molar-refractivity contribution is -0.139. The maximum absolute atomic E-state index is 13.8. The molecule has 0 aliphatic carbocycles. The molecule has 0 unspecified atom stereocenters. The van der Waals surface area contributed by atoms with Crippen molar-refractivity contribution < 1.29 is 19.1 Å². The molecule has 37 heavy (non-hydrogen) atoms. The lowest BCUT2D eigenvalue weighted by Gasteiger charge is -2.31. The molecule has 0 bridgehead atoms. The van der Waals surface area contributed by atoms with E-state index in [1.807, 2.05) is 67.3 Å². The molecule has 3 rings (SSSR count). The van der Waals surface area contributed by atoms with Crippen LogP contribution in [0.1, 0.15) is 52.5 Å². The number of hydrogen-bond donors (Lipinski definition) is 2. The smallest absolute Gasteiger partial charge is 0.245 e. The van der Waals surface area contributed by atoms with Gasteiger partial charge in [-0.15, -0.1) is 0 Å². The van der Waals surface area contributed by atoms with E-state index in [1.165, 1.54) is 5.56 Å². The standard InChI is InChI=1S/C29H40ClN3O4/c1-5-22-12-9-10-16-26(22)36-17-11-13-23-18-25(37-24-14-7-6-8-15-24)19-33(23)29(35)27(20(2)3)31-28(34)21(4)32-30/h6-10,12,14-16,20-21,23,25,27,32H,5,11,13,17-19H2,1-4H3,(H,31,34)/t21-,23+,25-,27-/m0/s1. The van der Waals surface area contributed by atoms with Crippen LogP contribution in [0.15, 0.2) is 54.6 Å². The Morgan fingerprint density at radius 1 is 1.08 bits per heavy atom. The molecule has 0 radical (unpaired) electrons. The van der Waals surface area contributed by atoms with E-state index in [0.717, 1.165) is 37.2 Å². The van der Waals surface area contributed by atoms with Crippen LogP contribution in [0.5, 0.6) is 11.5 Å². The van der Waals surface area contributed by atoms with E-state index in [-0.39, 0.29) is 29.9 Å². The summed E-state index contributed by atoms with van der Waals surface area (Å²) in [5, 5.41) is 2.89. The number of para-hydroxylation sites is 2. The fourth-order valence-electron chi connectivity index (χ4n) is 4.65. The minimum absolute atomic E-state index is 0.00652. The summed E-state index contributed by atoms with van der Waals surface area (Å²) < 4.78 is 12.3. The number of carbonyl (C=O) groups is 2. The van der Waals surface area contributed by atoms with Gasteiger partial charge in [-0.3, -0.25) is 9.59 Å². The van der Waals surface area contributed by atoms with Crippen LogP contribution in [0.3, 0.4) is 0 Å². The van der Waals surface area contributed by atoms with E-state index >= 15 is 0 Å². The predicted molar refractivity (Wildman–Crippen MR) is 147 cm³/mol. The van der Waals surface area contributed by atoms with Gasteiger partial charge in [0.1, 0.15) is 23.6 Å². The van der Waals surface area contributed by atoms with Gasteiger partial charge in [-0.1, -0.05) is 57.2 Å². The van der Waals surface area contributed by atoms with Gasteiger partial charge >= 0.3 is 0 Å². The molecule has 7 nitrogen and oxygen atoms in total. The quantitative estimate of drug-likeness (QED) is 0.290. The Kier molecular flexibility index (Phi) is 11.1. The number of hydrogen-bond acceptors (Lipinski definition) is 5. The van der Waals surface area contributed by atoms with Crippen LogP contribution in [-0.4, -0.2) is 54.1 Å². The number of aryl methyl sites for hydroxylation is 1. The first-order valence-corrected chi connectivity index (χ1v) is 13.6. The van der Waals surface area contributed by atoms with Gasteiger partial charge in [-0.05, 0) is 67.6 Å². The molecule has 1 aliphatic rings. The topological polar surface area (TPSA) is 79.9 Å². The third kappa shape index (κ3) is 8.11. The molecule has 1 aliphatic heterocycles. The van der Waals surface area contributed by atoms with Crippen molar-refractivity contribution in [1.29, 1.82) is 0 Å². The molecule has 1 heterocycles. The fourth-order valence-corrected chi connectivity index (χ4v) is 4.75. The summed E-state index contributed by atoms with van der Waals surface area (Å²) >= 11 is 5.64. The Labute approximate surface area is 226 Å². The number of benzene rings is 2. The van der Waals surface area contributed by atoms with E-state index in [1.54, 1.807) is 6.92 Å². The zero-order chi connectivity index (χ0) is 26.8. The van der Waals surface area contributed by atoms with Gasteiger partial charge in [0.2, 0.25) is 11.8 Å². The average molecular weight is 530 g/mol. The second-order valence-corrected chi connectivity index (χ2v) is 10.2. The number of carbonyl (C=O) groups excluding carboxylic acids is 2. The van der Waals surface area contributed by atoms with Crippen molar-refractivity contribution in [2.45, 2.75) is 77.6 Å². The second-order valence-electron chi connectivity index (χ2n) is 9.95. The van der Waals surface area contributed by atoms with Gasteiger partial charge in [0.25, 0.3) is 0 Å². The molecule has 2 aromatic rings. The maximum Gasteiger partial charge on any atom is 0.245 e. The summed E-state index contributed by atoms with van der Waals surface area (Å²) in [7, 11) is 0. The van der Waals surface area contributed by atoms with Crippen LogP contribution >= 0.6 is 11.8 Å². The highest BCUT2D eigenvalue weighted by Crippen LogP contribution is 2.28. The number of amides is 2. The largest absolute Gasteiger partial charge is 0.493 e. The van der Waals surface area contributed by atoms with Crippen molar-refractivity contribution in [1.82, 2.24) is 15.1 Å². The minimum atomic E-state index is -0.648.